The Balaban J connectivity index is 2.65. The summed E-state index contributed by atoms with van der Waals surface area (Å²) in [6.45, 7) is 4.26. The molecule has 1 aromatic heterocycles. The third-order valence-corrected chi connectivity index (χ3v) is 1.32. The Labute approximate surface area is 65.1 Å². The van der Waals surface area contributed by atoms with E-state index in [4.69, 9.17) is 5.21 Å². The highest BCUT2D eigenvalue weighted by Gasteiger charge is 1.95. The SMILES string of the molecule is C/C(Cn1cc(C)cn1)=N/O. The zero-order chi connectivity index (χ0) is 8.27. The van der Waals surface area contributed by atoms with Crippen LogP contribution in [0.2, 0.25) is 0 Å². The lowest BCUT2D eigenvalue weighted by molar-refractivity contribution is 0.316. The summed E-state index contributed by atoms with van der Waals surface area (Å²) in [5.74, 6) is 0. The summed E-state index contributed by atoms with van der Waals surface area (Å²) >= 11 is 0. The van der Waals surface area contributed by atoms with Crippen molar-refractivity contribution in [2.45, 2.75) is 20.4 Å². The molecule has 0 amide bonds. The molecule has 1 heterocycles. The quantitative estimate of drug-likeness (QED) is 0.392. The van der Waals surface area contributed by atoms with E-state index in [0.29, 0.717) is 12.3 Å². The molecule has 0 aliphatic heterocycles. The van der Waals surface area contributed by atoms with Gasteiger partial charge in [-0.3, -0.25) is 4.68 Å². The van der Waals surface area contributed by atoms with E-state index in [1.807, 2.05) is 13.1 Å². The molecule has 0 bridgehead atoms. The molecule has 4 heteroatoms. The first-order valence-corrected chi connectivity index (χ1v) is 3.39. The van der Waals surface area contributed by atoms with Crippen molar-refractivity contribution in [1.82, 2.24) is 9.78 Å². The first kappa shape index (κ1) is 7.78. The van der Waals surface area contributed by atoms with Crippen LogP contribution in [-0.2, 0) is 6.54 Å². The van der Waals surface area contributed by atoms with Gasteiger partial charge in [0.05, 0.1) is 18.5 Å². The summed E-state index contributed by atoms with van der Waals surface area (Å²) in [7, 11) is 0. The minimum absolute atomic E-state index is 0.546. The number of aryl methyl sites for hydroxylation is 1. The van der Waals surface area contributed by atoms with Gasteiger partial charge in [-0.05, 0) is 19.4 Å². The summed E-state index contributed by atoms with van der Waals surface area (Å²) in [5.41, 5.74) is 1.75. The molecule has 4 nitrogen and oxygen atoms in total. The van der Waals surface area contributed by atoms with E-state index in [1.54, 1.807) is 17.8 Å². The van der Waals surface area contributed by atoms with Crippen LogP contribution in [0.1, 0.15) is 12.5 Å². The van der Waals surface area contributed by atoms with Crippen LogP contribution in [0.25, 0.3) is 0 Å². The van der Waals surface area contributed by atoms with Crippen molar-refractivity contribution in [3.8, 4) is 0 Å². The van der Waals surface area contributed by atoms with Gasteiger partial charge in [-0.25, -0.2) is 0 Å². The Kier molecular flexibility index (Phi) is 2.25. The molecule has 0 fully saturated rings. The smallest absolute Gasteiger partial charge is 0.0822 e. The fourth-order valence-electron chi connectivity index (χ4n) is 0.819. The maximum Gasteiger partial charge on any atom is 0.0822 e. The van der Waals surface area contributed by atoms with Gasteiger partial charge in [0, 0.05) is 6.20 Å². The maximum absolute atomic E-state index is 8.35. The van der Waals surface area contributed by atoms with Gasteiger partial charge >= 0.3 is 0 Å². The van der Waals surface area contributed by atoms with E-state index in [9.17, 15) is 0 Å². The Morgan fingerprint density at radius 2 is 2.55 bits per heavy atom. The summed E-state index contributed by atoms with van der Waals surface area (Å²) in [4.78, 5) is 0. The Bertz CT molecular complexity index is 264. The maximum atomic E-state index is 8.35. The second-order valence-corrected chi connectivity index (χ2v) is 2.55. The van der Waals surface area contributed by atoms with Crippen molar-refractivity contribution in [3.05, 3.63) is 18.0 Å². The lowest BCUT2D eigenvalue weighted by Crippen LogP contribution is -2.06. The van der Waals surface area contributed by atoms with Crippen LogP contribution in [0.15, 0.2) is 17.5 Å². The highest BCUT2D eigenvalue weighted by molar-refractivity contribution is 5.80. The molecular formula is C7H11N3O. The molecule has 1 rings (SSSR count). The predicted octanol–water partition coefficient (Wildman–Crippen LogP) is 1.04. The number of hydrogen-bond acceptors (Lipinski definition) is 3. The van der Waals surface area contributed by atoms with E-state index in [1.165, 1.54) is 0 Å². The first-order chi connectivity index (χ1) is 5.22. The Morgan fingerprint density at radius 3 is 3.00 bits per heavy atom. The van der Waals surface area contributed by atoms with Crippen molar-refractivity contribution >= 4 is 5.71 Å². The van der Waals surface area contributed by atoms with Crippen molar-refractivity contribution < 1.29 is 5.21 Å². The van der Waals surface area contributed by atoms with Gasteiger partial charge in [0.2, 0.25) is 0 Å². The van der Waals surface area contributed by atoms with Crippen LogP contribution in [0.5, 0.6) is 0 Å². The lowest BCUT2D eigenvalue weighted by atomic mass is 10.4. The second kappa shape index (κ2) is 3.18. The Hall–Kier alpha value is -1.32. The van der Waals surface area contributed by atoms with Crippen LogP contribution in [-0.4, -0.2) is 20.7 Å². The van der Waals surface area contributed by atoms with Crippen LogP contribution in [0, 0.1) is 6.92 Å². The monoisotopic (exact) mass is 153 g/mol. The number of oxime groups is 1. The third-order valence-electron chi connectivity index (χ3n) is 1.32. The number of aromatic nitrogens is 2. The van der Waals surface area contributed by atoms with E-state index < -0.39 is 0 Å². The number of rotatable bonds is 2. The van der Waals surface area contributed by atoms with E-state index in [-0.39, 0.29) is 0 Å². The highest BCUT2D eigenvalue weighted by Crippen LogP contribution is 1.94. The molecule has 0 atom stereocenters. The van der Waals surface area contributed by atoms with Crippen molar-refractivity contribution in [2.24, 2.45) is 5.16 Å². The van der Waals surface area contributed by atoms with Gasteiger partial charge in [-0.15, -0.1) is 0 Å². The Morgan fingerprint density at radius 1 is 1.82 bits per heavy atom. The van der Waals surface area contributed by atoms with E-state index in [2.05, 4.69) is 10.3 Å². The minimum Gasteiger partial charge on any atom is -0.411 e. The summed E-state index contributed by atoms with van der Waals surface area (Å²) in [5, 5.41) is 15.4. The zero-order valence-electron chi connectivity index (χ0n) is 6.65. The summed E-state index contributed by atoms with van der Waals surface area (Å²) < 4.78 is 1.73. The highest BCUT2D eigenvalue weighted by atomic mass is 16.4. The number of nitrogens with zero attached hydrogens (tertiary/aromatic N) is 3. The molecular weight excluding hydrogens is 142 g/mol. The molecule has 0 aromatic carbocycles. The van der Waals surface area contributed by atoms with Crippen LogP contribution in [0.3, 0.4) is 0 Å². The van der Waals surface area contributed by atoms with Gasteiger partial charge in [0.1, 0.15) is 0 Å². The molecule has 60 valence electrons. The van der Waals surface area contributed by atoms with Crippen molar-refractivity contribution in [1.29, 1.82) is 0 Å². The molecule has 0 aliphatic carbocycles. The van der Waals surface area contributed by atoms with Gasteiger partial charge in [0.15, 0.2) is 0 Å². The largest absolute Gasteiger partial charge is 0.411 e. The zero-order valence-corrected chi connectivity index (χ0v) is 6.65. The van der Waals surface area contributed by atoms with Gasteiger partial charge in [-0.1, -0.05) is 5.16 Å². The summed E-state index contributed by atoms with van der Waals surface area (Å²) in [6, 6.07) is 0. The van der Waals surface area contributed by atoms with Crippen LogP contribution < -0.4 is 0 Å². The molecule has 0 saturated carbocycles. The standard InChI is InChI=1S/C7H11N3O/c1-6-3-8-10(4-6)5-7(2)9-11/h3-4,11H,5H2,1-2H3/b9-7-. The summed E-state index contributed by atoms with van der Waals surface area (Å²) in [6.07, 6.45) is 3.67. The average Bonchev–Trinajstić information content (AvgIpc) is 2.35. The van der Waals surface area contributed by atoms with Gasteiger partial charge < -0.3 is 5.21 Å². The van der Waals surface area contributed by atoms with Crippen molar-refractivity contribution in [3.63, 3.8) is 0 Å². The topological polar surface area (TPSA) is 50.4 Å². The minimum atomic E-state index is 0.546. The molecule has 0 aliphatic rings. The molecule has 0 radical (unpaired) electrons. The third kappa shape index (κ3) is 2.07. The fraction of sp³-hybridized carbons (Fsp3) is 0.429. The normalized spacial score (nSPS) is 12.0. The molecule has 1 N–H and O–H groups in total. The van der Waals surface area contributed by atoms with E-state index in [0.717, 1.165) is 5.56 Å². The second-order valence-electron chi connectivity index (χ2n) is 2.55. The average molecular weight is 153 g/mol. The fourth-order valence-corrected chi connectivity index (χ4v) is 0.819. The molecule has 0 saturated heterocycles. The molecule has 0 spiro atoms. The molecule has 1 aromatic rings. The van der Waals surface area contributed by atoms with Crippen LogP contribution >= 0.6 is 0 Å². The number of hydrogen-bond donors (Lipinski definition) is 1. The van der Waals surface area contributed by atoms with Crippen molar-refractivity contribution in [2.75, 3.05) is 0 Å². The predicted molar refractivity (Wildman–Crippen MR) is 41.9 cm³/mol. The lowest BCUT2D eigenvalue weighted by Gasteiger charge is -1.96. The van der Waals surface area contributed by atoms with Gasteiger partial charge in [-0.2, -0.15) is 5.10 Å². The molecule has 0 unspecified atom stereocenters. The van der Waals surface area contributed by atoms with Crippen LogP contribution in [0.4, 0.5) is 0 Å². The van der Waals surface area contributed by atoms with Gasteiger partial charge in [0.25, 0.3) is 0 Å². The molecule has 11 heavy (non-hydrogen) atoms. The van der Waals surface area contributed by atoms with E-state index >= 15 is 0 Å². The first-order valence-electron chi connectivity index (χ1n) is 3.39.